The molecule has 0 saturated heterocycles. The van der Waals surface area contributed by atoms with Crippen molar-refractivity contribution < 1.29 is 14.3 Å². The minimum absolute atomic E-state index is 0.275. The van der Waals surface area contributed by atoms with E-state index in [2.05, 4.69) is 32.7 Å². The van der Waals surface area contributed by atoms with Gasteiger partial charge in [-0.2, -0.15) is 0 Å². The van der Waals surface area contributed by atoms with Crippen LogP contribution in [0.1, 0.15) is 22.8 Å². The SMILES string of the molecule is CCOc1ccc(NC(=NCCc2c[nH]c3ccccc23)NC(=O)c2cccc(OC)c2)cc1. The molecule has 0 atom stereocenters. The number of hydrogen-bond acceptors (Lipinski definition) is 4. The van der Waals surface area contributed by atoms with Gasteiger partial charge in [-0.05, 0) is 67.4 Å². The van der Waals surface area contributed by atoms with Crippen LogP contribution in [0.25, 0.3) is 10.9 Å². The third kappa shape index (κ3) is 5.75. The summed E-state index contributed by atoms with van der Waals surface area (Å²) in [5, 5.41) is 7.29. The quantitative estimate of drug-likeness (QED) is 0.257. The predicted octanol–water partition coefficient (Wildman–Crippen LogP) is 5.02. The van der Waals surface area contributed by atoms with Crippen molar-refractivity contribution in [3.63, 3.8) is 0 Å². The Balaban J connectivity index is 1.51. The summed E-state index contributed by atoms with van der Waals surface area (Å²) in [4.78, 5) is 20.9. The number of aromatic nitrogens is 1. The molecule has 0 aliphatic carbocycles. The van der Waals surface area contributed by atoms with Crippen LogP contribution in [-0.4, -0.2) is 37.1 Å². The van der Waals surface area contributed by atoms with Gasteiger partial charge in [0.25, 0.3) is 5.91 Å². The molecule has 0 radical (unpaired) electrons. The van der Waals surface area contributed by atoms with Crippen LogP contribution in [0.3, 0.4) is 0 Å². The van der Waals surface area contributed by atoms with Crippen molar-refractivity contribution in [3.8, 4) is 11.5 Å². The van der Waals surface area contributed by atoms with Gasteiger partial charge in [-0.15, -0.1) is 0 Å². The van der Waals surface area contributed by atoms with Crippen molar-refractivity contribution in [1.82, 2.24) is 10.3 Å². The van der Waals surface area contributed by atoms with Crippen molar-refractivity contribution in [2.24, 2.45) is 4.99 Å². The van der Waals surface area contributed by atoms with Gasteiger partial charge in [0, 0.05) is 34.9 Å². The van der Waals surface area contributed by atoms with Gasteiger partial charge >= 0.3 is 0 Å². The number of hydrogen-bond donors (Lipinski definition) is 3. The molecule has 0 saturated carbocycles. The van der Waals surface area contributed by atoms with Crippen LogP contribution in [0, 0.1) is 0 Å². The standard InChI is InChI=1S/C27H28N4O3/c1-3-34-22-13-11-21(12-14-22)30-27(31-26(32)19-7-6-8-23(17-19)33-2)28-16-15-20-18-29-25-10-5-4-9-24(20)25/h4-14,17-18,29H,3,15-16H2,1-2H3,(H2,28,30,31,32). The van der Waals surface area contributed by atoms with Crippen LogP contribution in [0.2, 0.25) is 0 Å². The lowest BCUT2D eigenvalue weighted by Crippen LogP contribution is -2.36. The summed E-state index contributed by atoms with van der Waals surface area (Å²) < 4.78 is 10.7. The second-order valence-electron chi connectivity index (χ2n) is 7.61. The third-order valence-corrected chi connectivity index (χ3v) is 5.32. The van der Waals surface area contributed by atoms with E-state index in [1.165, 1.54) is 10.9 Å². The second-order valence-corrected chi connectivity index (χ2v) is 7.61. The summed E-state index contributed by atoms with van der Waals surface area (Å²) in [7, 11) is 1.57. The number of H-pyrrole nitrogens is 1. The molecular weight excluding hydrogens is 428 g/mol. The summed E-state index contributed by atoms with van der Waals surface area (Å²) in [5.41, 5.74) is 3.55. The molecule has 0 unspecified atom stereocenters. The molecule has 7 nitrogen and oxygen atoms in total. The Morgan fingerprint density at radius 2 is 1.82 bits per heavy atom. The van der Waals surface area contributed by atoms with Crippen molar-refractivity contribution in [3.05, 3.63) is 90.1 Å². The fourth-order valence-corrected chi connectivity index (χ4v) is 3.62. The topological polar surface area (TPSA) is 87.7 Å². The highest BCUT2D eigenvalue weighted by Crippen LogP contribution is 2.19. The van der Waals surface area contributed by atoms with Crippen LogP contribution >= 0.6 is 0 Å². The molecule has 1 heterocycles. The number of amides is 1. The summed E-state index contributed by atoms with van der Waals surface area (Å²) >= 11 is 0. The van der Waals surface area contributed by atoms with E-state index in [4.69, 9.17) is 9.47 Å². The number of carbonyl (C=O) groups is 1. The monoisotopic (exact) mass is 456 g/mol. The van der Waals surface area contributed by atoms with Gasteiger partial charge in [-0.3, -0.25) is 15.1 Å². The van der Waals surface area contributed by atoms with Crippen molar-refractivity contribution in [2.75, 3.05) is 25.6 Å². The largest absolute Gasteiger partial charge is 0.497 e. The van der Waals surface area contributed by atoms with E-state index >= 15 is 0 Å². The third-order valence-electron chi connectivity index (χ3n) is 5.32. The van der Waals surface area contributed by atoms with Gasteiger partial charge in [0.15, 0.2) is 0 Å². The average molecular weight is 457 g/mol. The molecule has 3 N–H and O–H groups in total. The number of para-hydroxylation sites is 1. The van der Waals surface area contributed by atoms with E-state index < -0.39 is 0 Å². The summed E-state index contributed by atoms with van der Waals surface area (Å²) in [6.07, 6.45) is 2.74. The summed E-state index contributed by atoms with van der Waals surface area (Å²) in [5.74, 6) is 1.50. The minimum atomic E-state index is -0.275. The highest BCUT2D eigenvalue weighted by Gasteiger charge is 2.11. The zero-order valence-electron chi connectivity index (χ0n) is 19.3. The molecule has 4 aromatic rings. The molecule has 0 bridgehead atoms. The van der Waals surface area contributed by atoms with Crippen LogP contribution in [0.5, 0.6) is 11.5 Å². The molecule has 0 aliphatic rings. The van der Waals surface area contributed by atoms with Crippen LogP contribution in [-0.2, 0) is 6.42 Å². The lowest BCUT2D eigenvalue weighted by molar-refractivity contribution is 0.0976. The lowest BCUT2D eigenvalue weighted by atomic mass is 10.1. The number of anilines is 1. The molecule has 0 fully saturated rings. The number of aromatic amines is 1. The smallest absolute Gasteiger partial charge is 0.258 e. The van der Waals surface area contributed by atoms with Crippen molar-refractivity contribution in [1.29, 1.82) is 0 Å². The van der Waals surface area contributed by atoms with E-state index in [0.29, 0.717) is 30.4 Å². The summed E-state index contributed by atoms with van der Waals surface area (Å²) in [6.45, 7) is 3.04. The van der Waals surface area contributed by atoms with E-state index in [-0.39, 0.29) is 5.91 Å². The Kier molecular flexibility index (Phi) is 7.45. The first-order chi connectivity index (χ1) is 16.7. The van der Waals surface area contributed by atoms with Crippen molar-refractivity contribution >= 4 is 28.5 Å². The highest BCUT2D eigenvalue weighted by atomic mass is 16.5. The van der Waals surface area contributed by atoms with Gasteiger partial charge in [0.1, 0.15) is 11.5 Å². The number of fused-ring (bicyclic) bond motifs is 1. The van der Waals surface area contributed by atoms with Crippen LogP contribution in [0.4, 0.5) is 5.69 Å². The second kappa shape index (κ2) is 11.0. The maximum atomic E-state index is 12.9. The minimum Gasteiger partial charge on any atom is -0.497 e. The molecule has 4 rings (SSSR count). The fraction of sp³-hybridized carbons (Fsp3) is 0.185. The maximum absolute atomic E-state index is 12.9. The molecule has 0 aliphatic heterocycles. The molecule has 1 aromatic heterocycles. The Morgan fingerprint density at radius 1 is 1.00 bits per heavy atom. The number of nitrogens with zero attached hydrogens (tertiary/aromatic N) is 1. The number of methoxy groups -OCH3 is 1. The predicted molar refractivity (Wildman–Crippen MR) is 136 cm³/mol. The first kappa shape index (κ1) is 22.9. The normalized spacial score (nSPS) is 11.3. The van der Waals surface area contributed by atoms with Gasteiger partial charge in [-0.25, -0.2) is 0 Å². The number of aliphatic imine (C=N–C) groups is 1. The number of rotatable bonds is 8. The molecule has 174 valence electrons. The Labute approximate surface area is 198 Å². The zero-order valence-corrected chi connectivity index (χ0v) is 19.3. The number of ether oxygens (including phenoxy) is 2. The Hall–Kier alpha value is -4.26. The molecular formula is C27H28N4O3. The first-order valence-corrected chi connectivity index (χ1v) is 11.2. The fourth-order valence-electron chi connectivity index (χ4n) is 3.62. The number of benzene rings is 3. The van der Waals surface area contributed by atoms with E-state index in [9.17, 15) is 4.79 Å². The van der Waals surface area contributed by atoms with Gasteiger partial charge in [0.2, 0.25) is 5.96 Å². The lowest BCUT2D eigenvalue weighted by Gasteiger charge is -2.13. The number of nitrogens with one attached hydrogen (secondary N) is 3. The number of guanidine groups is 1. The summed E-state index contributed by atoms with van der Waals surface area (Å²) in [6, 6.07) is 22.7. The number of carbonyl (C=O) groups excluding carboxylic acids is 1. The average Bonchev–Trinajstić information content (AvgIpc) is 3.28. The van der Waals surface area contributed by atoms with E-state index in [1.807, 2.05) is 49.5 Å². The molecule has 7 heteroatoms. The highest BCUT2D eigenvalue weighted by molar-refractivity contribution is 6.10. The van der Waals surface area contributed by atoms with Crippen LogP contribution in [0.15, 0.2) is 84.0 Å². The van der Waals surface area contributed by atoms with Gasteiger partial charge < -0.3 is 19.8 Å². The zero-order chi connectivity index (χ0) is 23.8. The van der Waals surface area contributed by atoms with Gasteiger partial charge in [-0.1, -0.05) is 24.3 Å². The molecule has 0 spiro atoms. The maximum Gasteiger partial charge on any atom is 0.258 e. The first-order valence-electron chi connectivity index (χ1n) is 11.2. The van der Waals surface area contributed by atoms with Crippen LogP contribution < -0.4 is 20.1 Å². The molecule has 3 aromatic carbocycles. The van der Waals surface area contributed by atoms with E-state index in [0.717, 1.165) is 23.4 Å². The van der Waals surface area contributed by atoms with Gasteiger partial charge in [0.05, 0.1) is 13.7 Å². The molecule has 1 amide bonds. The molecule has 34 heavy (non-hydrogen) atoms. The Morgan fingerprint density at radius 3 is 2.62 bits per heavy atom. The van der Waals surface area contributed by atoms with Crippen molar-refractivity contribution in [2.45, 2.75) is 13.3 Å². The van der Waals surface area contributed by atoms with E-state index in [1.54, 1.807) is 31.4 Å². The Bertz CT molecular complexity index is 1280.